The normalized spacial score (nSPS) is 10.8. The van der Waals surface area contributed by atoms with Gasteiger partial charge < -0.3 is 0 Å². The van der Waals surface area contributed by atoms with Crippen molar-refractivity contribution < 1.29 is 4.79 Å². The molecule has 0 aliphatic carbocycles. The lowest BCUT2D eigenvalue weighted by Crippen LogP contribution is -1.98. The molecule has 0 N–H and O–H groups in total. The number of ketones is 1. The maximum Gasteiger partial charge on any atom is 0.168 e. The Kier molecular flexibility index (Phi) is 4.48. The number of hydrogen-bond donors (Lipinski definition) is 0. The molecule has 0 heterocycles. The summed E-state index contributed by atoms with van der Waals surface area (Å²) in [5.74, 6) is 0.0361. The third-order valence-electron chi connectivity index (χ3n) is 2.79. The first kappa shape index (κ1) is 13.5. The van der Waals surface area contributed by atoms with Gasteiger partial charge >= 0.3 is 0 Å². The lowest BCUT2D eigenvalue weighted by atomic mass is 10.1. The first-order valence-corrected chi connectivity index (χ1v) is 6.41. The van der Waals surface area contributed by atoms with Crippen LogP contribution >= 0.6 is 11.6 Å². The molecule has 0 unspecified atom stereocenters. The Morgan fingerprint density at radius 3 is 2.53 bits per heavy atom. The fraction of sp³-hybridized carbons (Fsp3) is 0.125. The summed E-state index contributed by atoms with van der Waals surface area (Å²) in [6.07, 6.45) is 1.94. The van der Waals surface area contributed by atoms with Crippen LogP contribution in [-0.4, -0.2) is 12.0 Å². The van der Waals surface area contributed by atoms with Crippen LogP contribution < -0.4 is 0 Å². The van der Waals surface area contributed by atoms with Crippen LogP contribution in [0.1, 0.15) is 22.3 Å². The van der Waals surface area contributed by atoms with E-state index in [1.54, 1.807) is 30.5 Å². The van der Waals surface area contributed by atoms with Gasteiger partial charge in [-0.3, -0.25) is 9.79 Å². The highest BCUT2D eigenvalue weighted by molar-refractivity contribution is 6.30. The number of aryl methyl sites for hydroxylation is 1. The van der Waals surface area contributed by atoms with Gasteiger partial charge in [-0.05, 0) is 42.8 Å². The number of carbonyl (C=O) groups excluding carboxylic acids is 1. The topological polar surface area (TPSA) is 29.4 Å². The number of nitrogens with zero attached hydrogens (tertiary/aromatic N) is 1. The highest BCUT2D eigenvalue weighted by atomic mass is 35.5. The van der Waals surface area contributed by atoms with Crippen LogP contribution in [0.3, 0.4) is 0 Å². The van der Waals surface area contributed by atoms with Crippen molar-refractivity contribution in [2.75, 3.05) is 0 Å². The van der Waals surface area contributed by atoms with Crippen molar-refractivity contribution in [3.63, 3.8) is 0 Å². The molecule has 0 spiro atoms. The van der Waals surface area contributed by atoms with Crippen molar-refractivity contribution in [1.29, 1.82) is 0 Å². The molecule has 3 heteroatoms. The minimum atomic E-state index is 0.0361. The molecule has 19 heavy (non-hydrogen) atoms. The summed E-state index contributed by atoms with van der Waals surface area (Å²) < 4.78 is 0. The Balaban J connectivity index is 2.01. The molecule has 2 aromatic rings. The SMILES string of the molecule is Cc1ccccc1N=CCC(=O)c1ccc(Cl)cc1. The van der Waals surface area contributed by atoms with E-state index in [2.05, 4.69) is 4.99 Å². The molecule has 0 radical (unpaired) electrons. The van der Waals surface area contributed by atoms with Gasteiger partial charge in [0.2, 0.25) is 0 Å². The second-order valence-electron chi connectivity index (χ2n) is 4.23. The number of benzene rings is 2. The van der Waals surface area contributed by atoms with Crippen molar-refractivity contribution >= 4 is 29.3 Å². The predicted molar refractivity (Wildman–Crippen MR) is 79.7 cm³/mol. The zero-order valence-electron chi connectivity index (χ0n) is 10.6. The highest BCUT2D eigenvalue weighted by Gasteiger charge is 2.03. The molecule has 2 nitrogen and oxygen atoms in total. The second kappa shape index (κ2) is 6.30. The number of hydrogen-bond acceptors (Lipinski definition) is 2. The fourth-order valence-corrected chi connectivity index (χ4v) is 1.81. The summed E-state index contributed by atoms with van der Waals surface area (Å²) in [6.45, 7) is 1.99. The quantitative estimate of drug-likeness (QED) is 0.589. The van der Waals surface area contributed by atoms with E-state index in [0.29, 0.717) is 10.6 Å². The standard InChI is InChI=1S/C16H14ClNO/c1-12-4-2-3-5-15(12)18-11-10-16(19)13-6-8-14(17)9-7-13/h2-9,11H,10H2,1H3. The average molecular weight is 272 g/mol. The number of para-hydroxylation sites is 1. The molecule has 0 bridgehead atoms. The summed E-state index contributed by atoms with van der Waals surface area (Å²) in [7, 11) is 0. The van der Waals surface area contributed by atoms with Gasteiger partial charge in [0, 0.05) is 23.2 Å². The maximum absolute atomic E-state index is 11.9. The third-order valence-corrected chi connectivity index (χ3v) is 3.04. The van der Waals surface area contributed by atoms with Crippen LogP contribution in [-0.2, 0) is 0 Å². The molecule has 0 fully saturated rings. The fourth-order valence-electron chi connectivity index (χ4n) is 1.69. The van der Waals surface area contributed by atoms with E-state index in [-0.39, 0.29) is 12.2 Å². The summed E-state index contributed by atoms with van der Waals surface area (Å²) in [5.41, 5.74) is 2.64. The lowest BCUT2D eigenvalue weighted by molar-refractivity contribution is 0.100. The maximum atomic E-state index is 11.9. The van der Waals surface area contributed by atoms with Crippen molar-refractivity contribution in [3.8, 4) is 0 Å². The Morgan fingerprint density at radius 1 is 1.16 bits per heavy atom. The highest BCUT2D eigenvalue weighted by Crippen LogP contribution is 2.16. The minimum absolute atomic E-state index is 0.0361. The summed E-state index contributed by atoms with van der Waals surface area (Å²) >= 11 is 5.78. The van der Waals surface area contributed by atoms with Crippen molar-refractivity contribution in [2.24, 2.45) is 4.99 Å². The van der Waals surface area contributed by atoms with Gasteiger partial charge in [-0.25, -0.2) is 0 Å². The van der Waals surface area contributed by atoms with E-state index in [0.717, 1.165) is 11.3 Å². The molecule has 0 atom stereocenters. The van der Waals surface area contributed by atoms with Crippen LogP contribution in [0.4, 0.5) is 5.69 Å². The van der Waals surface area contributed by atoms with Gasteiger partial charge in [0.25, 0.3) is 0 Å². The Hall–Kier alpha value is -1.93. The minimum Gasteiger partial charge on any atom is -0.294 e. The van der Waals surface area contributed by atoms with Crippen LogP contribution in [0.2, 0.25) is 5.02 Å². The van der Waals surface area contributed by atoms with Crippen LogP contribution in [0.15, 0.2) is 53.5 Å². The second-order valence-corrected chi connectivity index (χ2v) is 4.67. The Morgan fingerprint density at radius 2 is 1.84 bits per heavy atom. The van der Waals surface area contributed by atoms with Gasteiger partial charge in [-0.1, -0.05) is 29.8 Å². The van der Waals surface area contributed by atoms with Crippen LogP contribution in [0.25, 0.3) is 0 Å². The molecule has 2 aromatic carbocycles. The third kappa shape index (κ3) is 3.76. The van der Waals surface area contributed by atoms with E-state index in [9.17, 15) is 4.79 Å². The van der Waals surface area contributed by atoms with Gasteiger partial charge in [0.15, 0.2) is 5.78 Å². The molecule has 0 saturated carbocycles. The number of Topliss-reactive ketones (excluding diaryl/α,β-unsaturated/α-hetero) is 1. The Labute approximate surface area is 117 Å². The van der Waals surface area contributed by atoms with Crippen molar-refractivity contribution in [3.05, 3.63) is 64.7 Å². The predicted octanol–water partition coefficient (Wildman–Crippen LogP) is 4.62. The number of rotatable bonds is 4. The van der Waals surface area contributed by atoms with Crippen molar-refractivity contribution in [1.82, 2.24) is 0 Å². The smallest absolute Gasteiger partial charge is 0.168 e. The summed E-state index contributed by atoms with van der Waals surface area (Å²) in [4.78, 5) is 16.2. The number of aliphatic imine (C=N–C) groups is 1. The number of carbonyl (C=O) groups is 1. The van der Waals surface area contributed by atoms with E-state index in [1.807, 2.05) is 31.2 Å². The lowest BCUT2D eigenvalue weighted by Gasteiger charge is -1.99. The summed E-state index contributed by atoms with van der Waals surface area (Å²) in [6, 6.07) is 14.7. The molecule has 96 valence electrons. The first-order chi connectivity index (χ1) is 9.16. The van der Waals surface area contributed by atoms with Gasteiger partial charge in [-0.15, -0.1) is 0 Å². The van der Waals surface area contributed by atoms with Gasteiger partial charge in [0.1, 0.15) is 0 Å². The zero-order valence-corrected chi connectivity index (χ0v) is 11.4. The van der Waals surface area contributed by atoms with Gasteiger partial charge in [0.05, 0.1) is 5.69 Å². The average Bonchev–Trinajstić information content (AvgIpc) is 2.41. The largest absolute Gasteiger partial charge is 0.294 e. The molecule has 0 amide bonds. The molecule has 2 rings (SSSR count). The number of halogens is 1. The monoisotopic (exact) mass is 271 g/mol. The van der Waals surface area contributed by atoms with E-state index in [1.165, 1.54) is 0 Å². The molecule has 0 aromatic heterocycles. The van der Waals surface area contributed by atoms with E-state index >= 15 is 0 Å². The summed E-state index contributed by atoms with van der Waals surface area (Å²) in [5, 5.41) is 0.630. The van der Waals surface area contributed by atoms with E-state index < -0.39 is 0 Å². The first-order valence-electron chi connectivity index (χ1n) is 6.04. The Bertz CT molecular complexity index is 602. The molecule has 0 saturated heterocycles. The van der Waals surface area contributed by atoms with Gasteiger partial charge in [-0.2, -0.15) is 0 Å². The zero-order chi connectivity index (χ0) is 13.7. The van der Waals surface area contributed by atoms with Crippen LogP contribution in [0.5, 0.6) is 0 Å². The van der Waals surface area contributed by atoms with E-state index in [4.69, 9.17) is 11.6 Å². The molecule has 0 aliphatic heterocycles. The molecular formula is C16H14ClNO. The van der Waals surface area contributed by atoms with Crippen molar-refractivity contribution in [2.45, 2.75) is 13.3 Å². The molecular weight excluding hydrogens is 258 g/mol. The van der Waals surface area contributed by atoms with Crippen LogP contribution in [0, 0.1) is 6.92 Å². The molecule has 0 aliphatic rings.